The molecule has 1 amide bonds. The molecule has 3 rings (SSSR count). The number of nitrogens with one attached hydrogen (secondary N) is 1. The molecule has 1 saturated heterocycles. The minimum Gasteiger partial charge on any atom is -0.497 e. The van der Waals surface area contributed by atoms with Gasteiger partial charge in [0.05, 0.1) is 36.6 Å². The molecule has 0 spiro atoms. The van der Waals surface area contributed by atoms with E-state index in [1.807, 2.05) is 29.2 Å². The average Bonchev–Trinajstić information content (AvgIpc) is 2.73. The Morgan fingerprint density at radius 1 is 1.21 bits per heavy atom. The number of nitro benzene ring substituents is 1. The smallest absolute Gasteiger partial charge is 0.271 e. The summed E-state index contributed by atoms with van der Waals surface area (Å²) in [5.41, 5.74) is 1.97. The highest BCUT2D eigenvalue weighted by Gasteiger charge is 2.19. The fraction of sp³-hybridized carbons (Fsp3) is 0.250. The van der Waals surface area contributed by atoms with E-state index in [-0.39, 0.29) is 11.6 Å². The van der Waals surface area contributed by atoms with Crippen molar-refractivity contribution in [3.05, 3.63) is 64.2 Å². The van der Waals surface area contributed by atoms with Crippen LogP contribution in [0.4, 0.5) is 17.1 Å². The molecule has 1 aliphatic heterocycles. The van der Waals surface area contributed by atoms with Crippen LogP contribution in [0.2, 0.25) is 0 Å². The molecule has 0 unspecified atom stereocenters. The zero-order chi connectivity index (χ0) is 19.9. The third-order valence-corrected chi connectivity index (χ3v) is 4.34. The molecule has 0 bridgehead atoms. The van der Waals surface area contributed by atoms with Gasteiger partial charge in [-0.1, -0.05) is 12.1 Å². The summed E-state index contributed by atoms with van der Waals surface area (Å²) in [6, 6.07) is 11.7. The predicted octanol–water partition coefficient (Wildman–Crippen LogP) is 3.09. The number of hydrogen-bond acceptors (Lipinski definition) is 6. The molecule has 8 heteroatoms. The number of nitro groups is 1. The zero-order valence-corrected chi connectivity index (χ0v) is 15.5. The number of methoxy groups -OCH3 is 1. The molecule has 146 valence electrons. The highest BCUT2D eigenvalue weighted by molar-refractivity contribution is 6.04. The minimum absolute atomic E-state index is 0.0201. The molecule has 0 aliphatic carbocycles. The number of benzene rings is 2. The molecule has 2 aromatic carbocycles. The summed E-state index contributed by atoms with van der Waals surface area (Å²) in [7, 11) is 1.59. The van der Waals surface area contributed by atoms with Crippen LogP contribution in [0, 0.1) is 10.1 Å². The fourth-order valence-corrected chi connectivity index (χ4v) is 2.87. The Morgan fingerprint density at radius 3 is 2.57 bits per heavy atom. The number of amides is 1. The lowest BCUT2D eigenvalue weighted by atomic mass is 10.2. The molecule has 0 saturated carbocycles. The van der Waals surface area contributed by atoms with E-state index in [1.165, 1.54) is 18.2 Å². The molecular formula is C20H21N3O5. The van der Waals surface area contributed by atoms with Gasteiger partial charge in [0.25, 0.3) is 5.69 Å². The van der Waals surface area contributed by atoms with Gasteiger partial charge in [-0.2, -0.15) is 0 Å². The van der Waals surface area contributed by atoms with E-state index in [0.29, 0.717) is 37.7 Å². The largest absolute Gasteiger partial charge is 0.497 e. The van der Waals surface area contributed by atoms with Crippen LogP contribution in [0.15, 0.2) is 48.5 Å². The molecule has 2 aromatic rings. The van der Waals surface area contributed by atoms with E-state index >= 15 is 0 Å². The van der Waals surface area contributed by atoms with Crippen LogP contribution in [-0.2, 0) is 9.53 Å². The molecule has 1 N–H and O–H groups in total. The first-order valence-corrected chi connectivity index (χ1v) is 8.81. The van der Waals surface area contributed by atoms with Crippen LogP contribution < -0.4 is 15.0 Å². The van der Waals surface area contributed by atoms with Gasteiger partial charge in [0.15, 0.2) is 0 Å². The van der Waals surface area contributed by atoms with Crippen molar-refractivity contribution in [2.45, 2.75) is 0 Å². The van der Waals surface area contributed by atoms with E-state index in [2.05, 4.69) is 5.32 Å². The van der Waals surface area contributed by atoms with Crippen LogP contribution in [0.3, 0.4) is 0 Å². The molecule has 1 heterocycles. The first-order valence-electron chi connectivity index (χ1n) is 8.81. The SMILES string of the molecule is COc1ccc(/C=C/C(=O)Nc2ccc([N+](=O)[O-])cc2N2CCOCC2)cc1. The maximum Gasteiger partial charge on any atom is 0.271 e. The second-order valence-corrected chi connectivity index (χ2v) is 6.15. The van der Waals surface area contributed by atoms with Gasteiger partial charge in [-0.25, -0.2) is 0 Å². The number of nitrogens with zero attached hydrogens (tertiary/aromatic N) is 2. The summed E-state index contributed by atoms with van der Waals surface area (Å²) in [5, 5.41) is 13.9. The van der Waals surface area contributed by atoms with Gasteiger partial charge in [-0.3, -0.25) is 14.9 Å². The van der Waals surface area contributed by atoms with Gasteiger partial charge >= 0.3 is 0 Å². The number of hydrogen-bond donors (Lipinski definition) is 1. The Kier molecular flexibility index (Phi) is 6.23. The van der Waals surface area contributed by atoms with Gasteiger partial charge in [0.1, 0.15) is 5.75 Å². The Bertz CT molecular complexity index is 874. The first kappa shape index (κ1) is 19.4. The van der Waals surface area contributed by atoms with E-state index in [1.54, 1.807) is 19.3 Å². The van der Waals surface area contributed by atoms with Crippen molar-refractivity contribution in [1.29, 1.82) is 0 Å². The van der Waals surface area contributed by atoms with Gasteiger partial charge in [-0.15, -0.1) is 0 Å². The number of anilines is 2. The van der Waals surface area contributed by atoms with Crippen LogP contribution in [0.1, 0.15) is 5.56 Å². The third-order valence-electron chi connectivity index (χ3n) is 4.34. The van der Waals surface area contributed by atoms with Gasteiger partial charge in [0, 0.05) is 31.3 Å². The number of rotatable bonds is 6. The number of non-ortho nitro benzene ring substituents is 1. The summed E-state index contributed by atoms with van der Waals surface area (Å²) in [6.07, 6.45) is 3.11. The molecule has 0 radical (unpaired) electrons. The van der Waals surface area contributed by atoms with Gasteiger partial charge in [-0.05, 0) is 29.8 Å². The molecule has 28 heavy (non-hydrogen) atoms. The molecule has 1 fully saturated rings. The van der Waals surface area contributed by atoms with Crippen molar-refractivity contribution in [3.63, 3.8) is 0 Å². The summed E-state index contributed by atoms with van der Waals surface area (Å²) in [4.78, 5) is 25.0. The van der Waals surface area contributed by atoms with Crippen molar-refractivity contribution in [1.82, 2.24) is 0 Å². The van der Waals surface area contributed by atoms with E-state index < -0.39 is 4.92 Å². The second kappa shape index (κ2) is 9.01. The van der Waals surface area contributed by atoms with Crippen LogP contribution >= 0.6 is 0 Å². The first-order chi connectivity index (χ1) is 13.6. The lowest BCUT2D eigenvalue weighted by molar-refractivity contribution is -0.384. The van der Waals surface area contributed by atoms with E-state index in [0.717, 1.165) is 11.3 Å². The number of ether oxygens (including phenoxy) is 2. The molecule has 0 atom stereocenters. The van der Waals surface area contributed by atoms with Crippen molar-refractivity contribution < 1.29 is 19.2 Å². The van der Waals surface area contributed by atoms with Crippen molar-refractivity contribution in [2.75, 3.05) is 43.6 Å². The molecule has 1 aliphatic rings. The zero-order valence-electron chi connectivity index (χ0n) is 15.5. The summed E-state index contributed by atoms with van der Waals surface area (Å²) in [5.74, 6) is 0.418. The van der Waals surface area contributed by atoms with Crippen molar-refractivity contribution in [2.24, 2.45) is 0 Å². The summed E-state index contributed by atoms with van der Waals surface area (Å²) < 4.78 is 10.4. The van der Waals surface area contributed by atoms with Gasteiger partial charge in [0.2, 0.25) is 5.91 Å². The molecule has 8 nitrogen and oxygen atoms in total. The van der Waals surface area contributed by atoms with Gasteiger partial charge < -0.3 is 19.7 Å². The second-order valence-electron chi connectivity index (χ2n) is 6.15. The number of carbonyl (C=O) groups excluding carboxylic acids is 1. The standard InChI is InChI=1S/C20H21N3O5/c1-27-17-6-2-15(3-7-17)4-9-20(24)21-18-8-5-16(23(25)26)14-19(18)22-10-12-28-13-11-22/h2-9,14H,10-13H2,1H3,(H,21,24)/b9-4+. The molecular weight excluding hydrogens is 362 g/mol. The third kappa shape index (κ3) is 4.86. The van der Waals surface area contributed by atoms with E-state index in [4.69, 9.17) is 9.47 Å². The quantitative estimate of drug-likeness (QED) is 0.468. The van der Waals surface area contributed by atoms with Crippen molar-refractivity contribution in [3.8, 4) is 5.75 Å². The van der Waals surface area contributed by atoms with Crippen LogP contribution in [0.5, 0.6) is 5.75 Å². The Morgan fingerprint density at radius 2 is 1.93 bits per heavy atom. The van der Waals surface area contributed by atoms with Crippen molar-refractivity contribution >= 4 is 29.0 Å². The monoisotopic (exact) mass is 383 g/mol. The summed E-state index contributed by atoms with van der Waals surface area (Å²) in [6.45, 7) is 2.28. The number of morpholine rings is 1. The van der Waals surface area contributed by atoms with Crippen LogP contribution in [-0.4, -0.2) is 44.2 Å². The normalized spacial score (nSPS) is 14.1. The number of carbonyl (C=O) groups is 1. The van der Waals surface area contributed by atoms with E-state index in [9.17, 15) is 14.9 Å². The van der Waals surface area contributed by atoms with Crippen LogP contribution in [0.25, 0.3) is 6.08 Å². The minimum atomic E-state index is -0.445. The highest BCUT2D eigenvalue weighted by Crippen LogP contribution is 2.31. The lowest BCUT2D eigenvalue weighted by Gasteiger charge is -2.30. The average molecular weight is 383 g/mol. The Labute approximate surface area is 162 Å². The fourth-order valence-electron chi connectivity index (χ4n) is 2.87. The summed E-state index contributed by atoms with van der Waals surface area (Å²) >= 11 is 0. The predicted molar refractivity (Wildman–Crippen MR) is 107 cm³/mol. The Balaban J connectivity index is 1.76. The Hall–Kier alpha value is -3.39. The highest BCUT2D eigenvalue weighted by atomic mass is 16.6. The topological polar surface area (TPSA) is 93.9 Å². The lowest BCUT2D eigenvalue weighted by Crippen LogP contribution is -2.36. The molecule has 0 aromatic heterocycles. The maximum atomic E-state index is 12.4. The maximum absolute atomic E-state index is 12.4.